The second-order valence-corrected chi connectivity index (χ2v) is 7.99. The van der Waals surface area contributed by atoms with E-state index in [2.05, 4.69) is 32.2 Å². The number of anilines is 1. The molecule has 0 bridgehead atoms. The molecule has 1 aliphatic rings. The van der Waals surface area contributed by atoms with E-state index in [1.54, 1.807) is 13.4 Å². The first-order valence-corrected chi connectivity index (χ1v) is 11.2. The number of amides is 1. The standard InChI is InChI=1S/C25H31N5O2/c1-32-23-9-7-22(8-10-23)30-17-15-28(16-18-30)14-12-26-25(31)11-13-29-19-24(27-20-29)21-5-3-2-4-6-21/h2-10,19-20H,11-18H2,1H3,(H,26,31). The number of ether oxygens (including phenoxy) is 1. The third-order valence-electron chi connectivity index (χ3n) is 5.86. The molecule has 3 aromatic rings. The second kappa shape index (κ2) is 10.8. The molecular formula is C25H31N5O2. The molecule has 0 unspecified atom stereocenters. The van der Waals surface area contributed by atoms with Gasteiger partial charge in [0.15, 0.2) is 0 Å². The van der Waals surface area contributed by atoms with Gasteiger partial charge in [-0.15, -0.1) is 0 Å². The fourth-order valence-corrected chi connectivity index (χ4v) is 3.94. The number of benzene rings is 2. The zero-order valence-corrected chi connectivity index (χ0v) is 18.6. The normalized spacial score (nSPS) is 14.3. The van der Waals surface area contributed by atoms with Crippen molar-refractivity contribution in [3.05, 3.63) is 67.1 Å². The number of methoxy groups -OCH3 is 1. The summed E-state index contributed by atoms with van der Waals surface area (Å²) in [7, 11) is 1.69. The number of hydrogen-bond acceptors (Lipinski definition) is 5. The van der Waals surface area contributed by atoms with Gasteiger partial charge in [-0.25, -0.2) is 4.98 Å². The van der Waals surface area contributed by atoms with Gasteiger partial charge in [-0.1, -0.05) is 30.3 Å². The van der Waals surface area contributed by atoms with Crippen molar-refractivity contribution >= 4 is 11.6 Å². The molecule has 2 heterocycles. The summed E-state index contributed by atoms with van der Waals surface area (Å²) >= 11 is 0. The Morgan fingerprint density at radius 1 is 1.00 bits per heavy atom. The summed E-state index contributed by atoms with van der Waals surface area (Å²) in [5.74, 6) is 0.963. The van der Waals surface area contributed by atoms with Crippen molar-refractivity contribution in [3.63, 3.8) is 0 Å². The topological polar surface area (TPSA) is 62.6 Å². The fourth-order valence-electron chi connectivity index (χ4n) is 3.94. The Bertz CT molecular complexity index is 979. The largest absolute Gasteiger partial charge is 0.497 e. The van der Waals surface area contributed by atoms with Crippen molar-refractivity contribution in [2.75, 3.05) is 51.3 Å². The van der Waals surface area contributed by atoms with Crippen LogP contribution in [0.3, 0.4) is 0 Å². The number of piperazine rings is 1. The van der Waals surface area contributed by atoms with Crippen LogP contribution in [0.15, 0.2) is 67.1 Å². The third-order valence-corrected chi connectivity index (χ3v) is 5.86. The van der Waals surface area contributed by atoms with E-state index in [9.17, 15) is 4.79 Å². The SMILES string of the molecule is COc1ccc(N2CCN(CCNC(=O)CCn3cnc(-c4ccccc4)c3)CC2)cc1. The number of nitrogens with zero attached hydrogens (tertiary/aromatic N) is 4. The summed E-state index contributed by atoms with van der Waals surface area (Å²) in [6, 6.07) is 18.3. The quantitative estimate of drug-likeness (QED) is 0.562. The zero-order valence-electron chi connectivity index (χ0n) is 18.6. The molecule has 0 spiro atoms. The molecule has 7 heteroatoms. The van der Waals surface area contributed by atoms with E-state index in [1.807, 2.05) is 53.2 Å². The van der Waals surface area contributed by atoms with Gasteiger partial charge < -0.3 is 19.5 Å². The van der Waals surface area contributed by atoms with Crippen LogP contribution in [-0.2, 0) is 11.3 Å². The van der Waals surface area contributed by atoms with Crippen LogP contribution in [0.1, 0.15) is 6.42 Å². The van der Waals surface area contributed by atoms with E-state index in [4.69, 9.17) is 4.74 Å². The van der Waals surface area contributed by atoms with Crippen LogP contribution in [-0.4, -0.2) is 66.7 Å². The predicted octanol–water partition coefficient (Wildman–Crippen LogP) is 2.89. The molecule has 32 heavy (non-hydrogen) atoms. The van der Waals surface area contributed by atoms with E-state index in [0.29, 0.717) is 19.5 Å². The number of carbonyl (C=O) groups is 1. The highest BCUT2D eigenvalue weighted by atomic mass is 16.5. The summed E-state index contributed by atoms with van der Waals surface area (Å²) in [5.41, 5.74) is 3.25. The Kier molecular flexibility index (Phi) is 7.40. The molecule has 0 saturated carbocycles. The van der Waals surface area contributed by atoms with Crippen LogP contribution >= 0.6 is 0 Å². The third kappa shape index (κ3) is 5.88. The second-order valence-electron chi connectivity index (χ2n) is 7.99. The molecule has 4 rings (SSSR count). The average Bonchev–Trinajstić information content (AvgIpc) is 3.33. The van der Waals surface area contributed by atoms with Gasteiger partial charge >= 0.3 is 0 Å². The van der Waals surface area contributed by atoms with E-state index in [1.165, 1.54) is 5.69 Å². The predicted molar refractivity (Wildman–Crippen MR) is 127 cm³/mol. The molecule has 0 radical (unpaired) electrons. The van der Waals surface area contributed by atoms with Gasteiger partial charge in [-0.05, 0) is 24.3 Å². The monoisotopic (exact) mass is 433 g/mol. The number of imidazole rings is 1. The van der Waals surface area contributed by atoms with E-state index in [0.717, 1.165) is 49.7 Å². The van der Waals surface area contributed by atoms with Crippen molar-refractivity contribution in [2.45, 2.75) is 13.0 Å². The molecule has 2 aromatic carbocycles. The average molecular weight is 434 g/mol. The van der Waals surface area contributed by atoms with Gasteiger partial charge in [0, 0.05) is 69.7 Å². The fraction of sp³-hybridized carbons (Fsp3) is 0.360. The van der Waals surface area contributed by atoms with Crippen molar-refractivity contribution in [2.24, 2.45) is 0 Å². The first-order valence-electron chi connectivity index (χ1n) is 11.2. The minimum atomic E-state index is 0.0804. The van der Waals surface area contributed by atoms with Crippen molar-refractivity contribution in [1.29, 1.82) is 0 Å². The van der Waals surface area contributed by atoms with Crippen LogP contribution in [0.4, 0.5) is 5.69 Å². The molecule has 1 aromatic heterocycles. The molecular weight excluding hydrogens is 402 g/mol. The van der Waals surface area contributed by atoms with E-state index in [-0.39, 0.29) is 5.91 Å². The van der Waals surface area contributed by atoms with Crippen molar-refractivity contribution < 1.29 is 9.53 Å². The van der Waals surface area contributed by atoms with Gasteiger partial charge in [0.25, 0.3) is 0 Å². The molecule has 1 N–H and O–H groups in total. The number of nitrogens with one attached hydrogen (secondary N) is 1. The number of rotatable bonds is 9. The summed E-state index contributed by atoms with van der Waals surface area (Å²) < 4.78 is 7.21. The number of hydrogen-bond donors (Lipinski definition) is 1. The summed E-state index contributed by atoms with van der Waals surface area (Å²) in [5, 5.41) is 3.05. The van der Waals surface area contributed by atoms with E-state index < -0.39 is 0 Å². The van der Waals surface area contributed by atoms with Gasteiger partial charge in [0.05, 0.1) is 19.1 Å². The Morgan fingerprint density at radius 3 is 2.47 bits per heavy atom. The summed E-state index contributed by atoms with van der Waals surface area (Å²) in [6.07, 6.45) is 4.23. The maximum absolute atomic E-state index is 12.2. The Morgan fingerprint density at radius 2 is 1.75 bits per heavy atom. The van der Waals surface area contributed by atoms with Gasteiger partial charge in [-0.2, -0.15) is 0 Å². The lowest BCUT2D eigenvalue weighted by atomic mass is 10.2. The van der Waals surface area contributed by atoms with E-state index >= 15 is 0 Å². The Hall–Kier alpha value is -3.32. The lowest BCUT2D eigenvalue weighted by Gasteiger charge is -2.36. The molecule has 7 nitrogen and oxygen atoms in total. The lowest BCUT2D eigenvalue weighted by Crippen LogP contribution is -2.48. The minimum absolute atomic E-state index is 0.0804. The summed E-state index contributed by atoms with van der Waals surface area (Å²) in [6.45, 7) is 6.17. The Balaban J connectivity index is 1.13. The smallest absolute Gasteiger partial charge is 0.221 e. The maximum atomic E-state index is 12.2. The number of aromatic nitrogens is 2. The Labute approximate surface area is 189 Å². The molecule has 0 aliphatic carbocycles. The molecule has 1 amide bonds. The van der Waals surface area contributed by atoms with Crippen molar-refractivity contribution in [1.82, 2.24) is 19.8 Å². The highest BCUT2D eigenvalue weighted by Gasteiger charge is 2.17. The van der Waals surface area contributed by atoms with Crippen LogP contribution in [0.2, 0.25) is 0 Å². The summed E-state index contributed by atoms with van der Waals surface area (Å²) in [4.78, 5) is 21.5. The van der Waals surface area contributed by atoms with Crippen LogP contribution in [0.5, 0.6) is 5.75 Å². The van der Waals surface area contributed by atoms with Gasteiger partial charge in [0.1, 0.15) is 5.75 Å². The van der Waals surface area contributed by atoms with Crippen LogP contribution in [0.25, 0.3) is 11.3 Å². The zero-order chi connectivity index (χ0) is 22.2. The van der Waals surface area contributed by atoms with Gasteiger partial charge in [-0.3, -0.25) is 9.69 Å². The first kappa shape index (κ1) is 21.9. The van der Waals surface area contributed by atoms with Crippen LogP contribution in [0, 0.1) is 0 Å². The van der Waals surface area contributed by atoms with Gasteiger partial charge in [0.2, 0.25) is 5.91 Å². The van der Waals surface area contributed by atoms with Crippen LogP contribution < -0.4 is 15.0 Å². The lowest BCUT2D eigenvalue weighted by molar-refractivity contribution is -0.121. The van der Waals surface area contributed by atoms with Crippen molar-refractivity contribution in [3.8, 4) is 17.0 Å². The first-order chi connectivity index (χ1) is 15.7. The minimum Gasteiger partial charge on any atom is -0.497 e. The maximum Gasteiger partial charge on any atom is 0.221 e. The number of carbonyl (C=O) groups excluding carboxylic acids is 1. The highest BCUT2D eigenvalue weighted by Crippen LogP contribution is 2.20. The number of aryl methyl sites for hydroxylation is 1. The molecule has 1 fully saturated rings. The molecule has 1 saturated heterocycles. The molecule has 168 valence electrons. The highest BCUT2D eigenvalue weighted by molar-refractivity contribution is 5.75. The molecule has 1 aliphatic heterocycles. The molecule has 0 atom stereocenters.